The molecule has 7 heteroatoms. The standard InChI is InChI=1S/C27H27FN4O2/c1-34-25-11-5-2-8-20(25)21(24-19-29-26-12-6-7-13-32(24)26)18-27(33)31-16-14-30(15-17-31)23-10-4-3-9-22(23)28/h2-13,19,21H,14-18H2,1H3. The van der Waals surface area contributed by atoms with Gasteiger partial charge in [0.25, 0.3) is 0 Å². The van der Waals surface area contributed by atoms with Gasteiger partial charge in [0.15, 0.2) is 0 Å². The van der Waals surface area contributed by atoms with Crippen LogP contribution in [0.5, 0.6) is 5.75 Å². The Balaban J connectivity index is 1.39. The second-order valence-electron chi connectivity index (χ2n) is 8.43. The number of ether oxygens (including phenoxy) is 1. The van der Waals surface area contributed by atoms with E-state index in [0.717, 1.165) is 22.7 Å². The van der Waals surface area contributed by atoms with Crippen LogP contribution in [-0.4, -0.2) is 53.5 Å². The van der Waals surface area contributed by atoms with Gasteiger partial charge in [0.1, 0.15) is 17.2 Å². The van der Waals surface area contributed by atoms with Crippen LogP contribution in [0.25, 0.3) is 5.65 Å². The number of methoxy groups -OCH3 is 1. The van der Waals surface area contributed by atoms with E-state index in [0.29, 0.717) is 38.3 Å². The fraction of sp³-hybridized carbons (Fsp3) is 0.259. The summed E-state index contributed by atoms with van der Waals surface area (Å²) in [7, 11) is 1.65. The Morgan fingerprint density at radius 1 is 1.00 bits per heavy atom. The van der Waals surface area contributed by atoms with E-state index in [2.05, 4.69) is 4.98 Å². The average molecular weight is 459 g/mol. The second-order valence-corrected chi connectivity index (χ2v) is 8.43. The molecule has 174 valence electrons. The molecule has 1 aliphatic rings. The van der Waals surface area contributed by atoms with E-state index in [9.17, 15) is 9.18 Å². The molecule has 0 spiro atoms. The average Bonchev–Trinajstić information content (AvgIpc) is 3.31. The van der Waals surface area contributed by atoms with Crippen molar-refractivity contribution in [3.63, 3.8) is 0 Å². The zero-order chi connectivity index (χ0) is 23.5. The first kappa shape index (κ1) is 21.9. The number of imidazole rings is 1. The second kappa shape index (κ2) is 9.55. The first-order valence-corrected chi connectivity index (χ1v) is 11.5. The molecule has 0 saturated carbocycles. The molecule has 0 radical (unpaired) electrons. The van der Waals surface area contributed by atoms with Gasteiger partial charge in [0.05, 0.1) is 18.5 Å². The highest BCUT2D eigenvalue weighted by Gasteiger charge is 2.29. The van der Waals surface area contributed by atoms with Crippen molar-refractivity contribution in [2.45, 2.75) is 12.3 Å². The lowest BCUT2D eigenvalue weighted by Gasteiger charge is -2.36. The van der Waals surface area contributed by atoms with Crippen molar-refractivity contribution in [1.29, 1.82) is 0 Å². The topological polar surface area (TPSA) is 50.1 Å². The number of carbonyl (C=O) groups is 1. The van der Waals surface area contributed by atoms with Crippen LogP contribution >= 0.6 is 0 Å². The van der Waals surface area contributed by atoms with Crippen molar-refractivity contribution in [2.75, 3.05) is 38.2 Å². The molecule has 34 heavy (non-hydrogen) atoms. The summed E-state index contributed by atoms with van der Waals surface area (Å²) in [4.78, 5) is 21.9. The molecule has 0 aliphatic carbocycles. The van der Waals surface area contributed by atoms with Crippen molar-refractivity contribution in [1.82, 2.24) is 14.3 Å². The quantitative estimate of drug-likeness (QED) is 0.431. The number of halogens is 1. The molecule has 5 rings (SSSR count). The largest absolute Gasteiger partial charge is 0.496 e. The maximum absolute atomic E-state index is 14.2. The van der Waals surface area contributed by atoms with Crippen LogP contribution in [0.15, 0.2) is 79.1 Å². The number of aromatic nitrogens is 2. The monoisotopic (exact) mass is 458 g/mol. The number of amides is 1. The summed E-state index contributed by atoms with van der Waals surface area (Å²) in [5, 5.41) is 0. The van der Waals surface area contributed by atoms with Gasteiger partial charge in [-0.2, -0.15) is 0 Å². The summed E-state index contributed by atoms with van der Waals surface area (Å²) in [5.74, 6) is 0.363. The molecule has 0 bridgehead atoms. The number of carbonyl (C=O) groups excluding carboxylic acids is 1. The van der Waals surface area contributed by atoms with E-state index in [1.54, 1.807) is 19.2 Å². The van der Waals surface area contributed by atoms with E-state index in [-0.39, 0.29) is 17.6 Å². The SMILES string of the molecule is COc1ccccc1C(CC(=O)N1CCN(c2ccccc2F)CC1)c1cnc2ccccn12. The number of hydrogen-bond acceptors (Lipinski definition) is 4. The predicted molar refractivity (Wildman–Crippen MR) is 130 cm³/mol. The third-order valence-electron chi connectivity index (χ3n) is 6.52. The molecular formula is C27H27FN4O2. The highest BCUT2D eigenvalue weighted by atomic mass is 19.1. The fourth-order valence-corrected chi connectivity index (χ4v) is 4.75. The van der Waals surface area contributed by atoms with Crippen molar-refractivity contribution in [3.8, 4) is 5.75 Å². The van der Waals surface area contributed by atoms with Crippen molar-refractivity contribution in [2.24, 2.45) is 0 Å². The summed E-state index contributed by atoms with van der Waals surface area (Å²) in [6.07, 6.45) is 4.11. The molecular weight excluding hydrogens is 431 g/mol. The van der Waals surface area contributed by atoms with Gasteiger partial charge in [-0.15, -0.1) is 0 Å². The minimum Gasteiger partial charge on any atom is -0.496 e. The van der Waals surface area contributed by atoms with E-state index in [1.807, 2.05) is 75.1 Å². The molecule has 1 unspecified atom stereocenters. The van der Waals surface area contributed by atoms with Gasteiger partial charge < -0.3 is 18.9 Å². The van der Waals surface area contributed by atoms with E-state index in [1.165, 1.54) is 6.07 Å². The molecule has 1 fully saturated rings. The van der Waals surface area contributed by atoms with Gasteiger partial charge in [-0.25, -0.2) is 9.37 Å². The smallest absolute Gasteiger partial charge is 0.223 e. The molecule has 1 saturated heterocycles. The number of fused-ring (bicyclic) bond motifs is 1. The van der Waals surface area contributed by atoms with Crippen LogP contribution in [-0.2, 0) is 4.79 Å². The molecule has 0 N–H and O–H groups in total. The Bertz CT molecular complexity index is 1300. The van der Waals surface area contributed by atoms with Crippen LogP contribution < -0.4 is 9.64 Å². The van der Waals surface area contributed by atoms with E-state index >= 15 is 0 Å². The number of rotatable bonds is 6. The predicted octanol–water partition coefficient (Wildman–Crippen LogP) is 4.35. The number of para-hydroxylation sites is 2. The Labute approximate surface area is 198 Å². The lowest BCUT2D eigenvalue weighted by molar-refractivity contribution is -0.131. The molecule has 1 atom stereocenters. The Morgan fingerprint density at radius 3 is 2.53 bits per heavy atom. The Morgan fingerprint density at radius 2 is 1.74 bits per heavy atom. The summed E-state index contributed by atoms with van der Waals surface area (Å²) in [5.41, 5.74) is 3.32. The van der Waals surface area contributed by atoms with Gasteiger partial charge in [-0.3, -0.25) is 4.79 Å². The minimum absolute atomic E-state index is 0.0648. The fourth-order valence-electron chi connectivity index (χ4n) is 4.75. The highest BCUT2D eigenvalue weighted by molar-refractivity contribution is 5.78. The van der Waals surface area contributed by atoms with E-state index in [4.69, 9.17) is 4.74 Å². The van der Waals surface area contributed by atoms with Crippen molar-refractivity contribution >= 4 is 17.2 Å². The number of anilines is 1. The van der Waals surface area contributed by atoms with Crippen LogP contribution in [0, 0.1) is 5.82 Å². The van der Waals surface area contributed by atoms with Crippen LogP contribution in [0.4, 0.5) is 10.1 Å². The van der Waals surface area contributed by atoms with Crippen molar-refractivity contribution in [3.05, 3.63) is 96.2 Å². The lowest BCUT2D eigenvalue weighted by atomic mass is 9.91. The van der Waals surface area contributed by atoms with Crippen molar-refractivity contribution < 1.29 is 13.9 Å². The molecule has 6 nitrogen and oxygen atoms in total. The molecule has 1 aliphatic heterocycles. The summed E-state index contributed by atoms with van der Waals surface area (Å²) in [6.45, 7) is 2.31. The Hall–Kier alpha value is -3.87. The zero-order valence-electron chi connectivity index (χ0n) is 19.1. The number of benzene rings is 2. The number of nitrogens with zero attached hydrogens (tertiary/aromatic N) is 4. The van der Waals surface area contributed by atoms with Gasteiger partial charge in [0.2, 0.25) is 5.91 Å². The third kappa shape index (κ3) is 4.21. The molecule has 3 heterocycles. The minimum atomic E-state index is -0.230. The zero-order valence-corrected chi connectivity index (χ0v) is 19.1. The number of hydrogen-bond donors (Lipinski definition) is 0. The lowest BCUT2D eigenvalue weighted by Crippen LogP contribution is -2.49. The third-order valence-corrected chi connectivity index (χ3v) is 6.52. The summed E-state index contributed by atoms with van der Waals surface area (Å²) in [6, 6.07) is 20.5. The maximum atomic E-state index is 14.2. The van der Waals surface area contributed by atoms with Crippen LogP contribution in [0.1, 0.15) is 23.6 Å². The van der Waals surface area contributed by atoms with Crippen LogP contribution in [0.3, 0.4) is 0 Å². The Kier molecular flexibility index (Phi) is 6.16. The molecule has 1 amide bonds. The van der Waals surface area contributed by atoms with E-state index < -0.39 is 0 Å². The first-order chi connectivity index (χ1) is 16.7. The maximum Gasteiger partial charge on any atom is 0.223 e. The molecule has 2 aromatic heterocycles. The summed E-state index contributed by atoms with van der Waals surface area (Å²) < 4.78 is 21.9. The number of pyridine rings is 1. The number of piperazine rings is 1. The van der Waals surface area contributed by atoms with Gasteiger partial charge >= 0.3 is 0 Å². The van der Waals surface area contributed by atoms with Gasteiger partial charge in [-0.1, -0.05) is 36.4 Å². The molecule has 4 aromatic rings. The van der Waals surface area contributed by atoms with Crippen LogP contribution in [0.2, 0.25) is 0 Å². The van der Waals surface area contributed by atoms with Gasteiger partial charge in [0, 0.05) is 56.5 Å². The summed E-state index contributed by atoms with van der Waals surface area (Å²) >= 11 is 0. The van der Waals surface area contributed by atoms with Gasteiger partial charge in [-0.05, 0) is 30.3 Å². The molecule has 2 aromatic carbocycles. The first-order valence-electron chi connectivity index (χ1n) is 11.5. The normalized spacial score (nSPS) is 14.9. The highest BCUT2D eigenvalue weighted by Crippen LogP contribution is 2.35.